The van der Waals surface area contributed by atoms with Crippen molar-refractivity contribution in [2.75, 3.05) is 31.9 Å². The van der Waals surface area contributed by atoms with E-state index in [9.17, 15) is 4.79 Å². The maximum Gasteiger partial charge on any atom is 0.254 e. The smallest absolute Gasteiger partial charge is 0.254 e. The van der Waals surface area contributed by atoms with E-state index < -0.39 is 0 Å². The fraction of sp³-hybridized carbons (Fsp3) is 0.500. The number of amides is 1. The number of nitrogens with two attached hydrogens (primary N) is 1. The number of carbonyl (C=O) groups excluding carboxylic acids is 1. The second kappa shape index (κ2) is 5.13. The topological polar surface area (TPSA) is 49.6 Å². The van der Waals surface area contributed by atoms with Crippen molar-refractivity contribution < 1.29 is 4.79 Å². The highest BCUT2D eigenvalue weighted by atomic mass is 79.9. The van der Waals surface area contributed by atoms with E-state index in [1.807, 2.05) is 17.0 Å². The first kappa shape index (κ1) is 12.9. The average molecular weight is 324 g/mol. The molecule has 2 fully saturated rings. The zero-order chi connectivity index (χ0) is 13.4. The van der Waals surface area contributed by atoms with Gasteiger partial charge in [-0.25, -0.2) is 0 Å². The SMILES string of the molecule is Nc1cc(Br)cc(C(=O)N2CCN3CCCC3C2)c1. The van der Waals surface area contributed by atoms with E-state index in [1.165, 1.54) is 19.4 Å². The Labute approximate surface area is 121 Å². The molecule has 1 aromatic carbocycles. The predicted molar refractivity (Wildman–Crippen MR) is 79.1 cm³/mol. The first-order chi connectivity index (χ1) is 9.13. The zero-order valence-electron chi connectivity index (χ0n) is 10.8. The quantitative estimate of drug-likeness (QED) is 0.804. The third-order valence-corrected chi connectivity index (χ3v) is 4.50. The van der Waals surface area contributed by atoms with Crippen LogP contribution in [0.5, 0.6) is 0 Å². The molecular formula is C14H18BrN3O. The molecule has 4 nitrogen and oxygen atoms in total. The van der Waals surface area contributed by atoms with Crippen LogP contribution in [0.25, 0.3) is 0 Å². The molecule has 0 aromatic heterocycles. The molecule has 0 radical (unpaired) electrons. The number of piperazine rings is 1. The standard InChI is InChI=1S/C14H18BrN3O/c15-11-6-10(7-12(16)8-11)14(19)18-5-4-17-3-1-2-13(17)9-18/h6-8,13H,1-5,9,16H2. The summed E-state index contributed by atoms with van der Waals surface area (Å²) in [6.45, 7) is 3.86. The lowest BCUT2D eigenvalue weighted by molar-refractivity contribution is 0.0571. The lowest BCUT2D eigenvalue weighted by Gasteiger charge is -2.37. The van der Waals surface area contributed by atoms with E-state index >= 15 is 0 Å². The molecule has 0 bridgehead atoms. The molecule has 3 rings (SSSR count). The molecule has 2 aliphatic heterocycles. The van der Waals surface area contributed by atoms with Gasteiger partial charge < -0.3 is 10.6 Å². The summed E-state index contributed by atoms with van der Waals surface area (Å²) < 4.78 is 0.857. The Bertz CT molecular complexity index is 485. The van der Waals surface area contributed by atoms with Crippen LogP contribution in [-0.2, 0) is 0 Å². The van der Waals surface area contributed by atoms with Crippen LogP contribution < -0.4 is 5.73 Å². The second-order valence-corrected chi connectivity index (χ2v) is 6.27. The summed E-state index contributed by atoms with van der Waals surface area (Å²) in [7, 11) is 0. The number of nitrogen functional groups attached to an aromatic ring is 1. The molecule has 2 heterocycles. The van der Waals surface area contributed by atoms with Gasteiger partial charge in [-0.1, -0.05) is 15.9 Å². The van der Waals surface area contributed by atoms with Gasteiger partial charge in [-0.2, -0.15) is 0 Å². The molecule has 1 amide bonds. The van der Waals surface area contributed by atoms with Gasteiger partial charge in [0.15, 0.2) is 0 Å². The van der Waals surface area contributed by atoms with Gasteiger partial charge in [0, 0.05) is 41.4 Å². The molecule has 0 aliphatic carbocycles. The van der Waals surface area contributed by atoms with Gasteiger partial charge in [0.1, 0.15) is 0 Å². The largest absolute Gasteiger partial charge is 0.399 e. The first-order valence-corrected chi connectivity index (χ1v) is 7.52. The Morgan fingerprint density at radius 1 is 1.26 bits per heavy atom. The van der Waals surface area contributed by atoms with E-state index in [-0.39, 0.29) is 5.91 Å². The lowest BCUT2D eigenvalue weighted by atomic mass is 10.1. The molecule has 5 heteroatoms. The molecule has 102 valence electrons. The van der Waals surface area contributed by atoms with E-state index in [2.05, 4.69) is 20.8 Å². The average Bonchev–Trinajstić information content (AvgIpc) is 2.83. The van der Waals surface area contributed by atoms with Crippen molar-refractivity contribution in [3.63, 3.8) is 0 Å². The highest BCUT2D eigenvalue weighted by Gasteiger charge is 2.32. The summed E-state index contributed by atoms with van der Waals surface area (Å²) >= 11 is 3.39. The van der Waals surface area contributed by atoms with Crippen molar-refractivity contribution in [3.8, 4) is 0 Å². The molecular weight excluding hydrogens is 306 g/mol. The minimum atomic E-state index is 0.0968. The molecule has 2 aliphatic rings. The Balaban J connectivity index is 1.76. The number of carbonyl (C=O) groups is 1. The zero-order valence-corrected chi connectivity index (χ0v) is 12.4. The van der Waals surface area contributed by atoms with Gasteiger partial charge in [-0.05, 0) is 37.6 Å². The Morgan fingerprint density at radius 2 is 2.11 bits per heavy atom. The number of benzene rings is 1. The Hall–Kier alpha value is -1.07. The van der Waals surface area contributed by atoms with Gasteiger partial charge in [0.2, 0.25) is 0 Å². The summed E-state index contributed by atoms with van der Waals surface area (Å²) in [5, 5.41) is 0. The normalized spacial score (nSPS) is 23.4. The maximum atomic E-state index is 12.5. The molecule has 1 atom stereocenters. The van der Waals surface area contributed by atoms with Crippen molar-refractivity contribution in [1.29, 1.82) is 0 Å². The Morgan fingerprint density at radius 3 is 2.89 bits per heavy atom. The molecule has 1 aromatic rings. The molecule has 1 unspecified atom stereocenters. The summed E-state index contributed by atoms with van der Waals surface area (Å²) in [6, 6.07) is 5.97. The van der Waals surface area contributed by atoms with E-state index in [0.29, 0.717) is 17.3 Å². The van der Waals surface area contributed by atoms with E-state index in [4.69, 9.17) is 5.73 Å². The van der Waals surface area contributed by atoms with Gasteiger partial charge in [0.25, 0.3) is 5.91 Å². The number of hydrogen-bond donors (Lipinski definition) is 1. The predicted octanol–water partition coefficient (Wildman–Crippen LogP) is 1.95. The third-order valence-electron chi connectivity index (χ3n) is 4.04. The summed E-state index contributed by atoms with van der Waals surface area (Å²) in [5.74, 6) is 0.0968. The minimum Gasteiger partial charge on any atom is -0.399 e. The minimum absolute atomic E-state index is 0.0968. The number of anilines is 1. The highest BCUT2D eigenvalue weighted by Crippen LogP contribution is 2.24. The highest BCUT2D eigenvalue weighted by molar-refractivity contribution is 9.10. The number of nitrogens with zero attached hydrogens (tertiary/aromatic N) is 2. The van der Waals surface area contributed by atoms with Crippen LogP contribution in [0.2, 0.25) is 0 Å². The summed E-state index contributed by atoms with van der Waals surface area (Å²) in [6.07, 6.45) is 2.47. The van der Waals surface area contributed by atoms with Gasteiger partial charge >= 0.3 is 0 Å². The van der Waals surface area contributed by atoms with Gasteiger partial charge in [-0.15, -0.1) is 0 Å². The van der Waals surface area contributed by atoms with Crippen molar-refractivity contribution in [1.82, 2.24) is 9.80 Å². The fourth-order valence-corrected chi connectivity index (χ4v) is 3.60. The van der Waals surface area contributed by atoms with Crippen molar-refractivity contribution >= 4 is 27.5 Å². The molecule has 19 heavy (non-hydrogen) atoms. The van der Waals surface area contributed by atoms with E-state index in [0.717, 1.165) is 24.1 Å². The van der Waals surface area contributed by atoms with Crippen LogP contribution in [0.15, 0.2) is 22.7 Å². The van der Waals surface area contributed by atoms with Crippen molar-refractivity contribution in [2.24, 2.45) is 0 Å². The first-order valence-electron chi connectivity index (χ1n) is 6.73. The number of fused-ring (bicyclic) bond motifs is 1. The van der Waals surface area contributed by atoms with Gasteiger partial charge in [0.05, 0.1) is 0 Å². The van der Waals surface area contributed by atoms with Gasteiger partial charge in [-0.3, -0.25) is 9.69 Å². The molecule has 0 saturated carbocycles. The van der Waals surface area contributed by atoms with E-state index in [1.54, 1.807) is 6.07 Å². The van der Waals surface area contributed by atoms with Crippen LogP contribution in [0.4, 0.5) is 5.69 Å². The fourth-order valence-electron chi connectivity index (χ4n) is 3.09. The van der Waals surface area contributed by atoms with Crippen LogP contribution in [0.1, 0.15) is 23.2 Å². The van der Waals surface area contributed by atoms with Crippen LogP contribution >= 0.6 is 15.9 Å². The van der Waals surface area contributed by atoms with Crippen LogP contribution in [0, 0.1) is 0 Å². The van der Waals surface area contributed by atoms with Crippen molar-refractivity contribution in [2.45, 2.75) is 18.9 Å². The summed E-state index contributed by atoms with van der Waals surface area (Å²) in [5.41, 5.74) is 7.10. The second-order valence-electron chi connectivity index (χ2n) is 5.36. The van der Waals surface area contributed by atoms with Crippen molar-refractivity contribution in [3.05, 3.63) is 28.2 Å². The maximum absolute atomic E-state index is 12.5. The van der Waals surface area contributed by atoms with Crippen LogP contribution in [-0.4, -0.2) is 47.9 Å². The van der Waals surface area contributed by atoms with Crippen LogP contribution in [0.3, 0.4) is 0 Å². The number of halogens is 1. The molecule has 2 N–H and O–H groups in total. The number of hydrogen-bond acceptors (Lipinski definition) is 3. The lowest BCUT2D eigenvalue weighted by Crippen LogP contribution is -2.52. The third kappa shape index (κ3) is 2.62. The summed E-state index contributed by atoms with van der Waals surface area (Å²) in [4.78, 5) is 17.0. The molecule has 2 saturated heterocycles. The monoisotopic (exact) mass is 323 g/mol. The Kier molecular flexibility index (Phi) is 3.50. The number of rotatable bonds is 1. The molecule has 0 spiro atoms.